The number of rotatable bonds is 5. The maximum absolute atomic E-state index is 12.4. The number of anilines is 1. The van der Waals surface area contributed by atoms with E-state index >= 15 is 0 Å². The Labute approximate surface area is 125 Å². The van der Waals surface area contributed by atoms with Crippen molar-refractivity contribution >= 4 is 17.5 Å². The molecule has 2 amide bonds. The van der Waals surface area contributed by atoms with Crippen molar-refractivity contribution < 1.29 is 14.3 Å². The largest absolute Gasteiger partial charge is 0.380 e. The summed E-state index contributed by atoms with van der Waals surface area (Å²) in [5.74, 6) is -0.333. The number of carbonyl (C=O) groups excluding carboxylic acids is 2. The molecular formula is C16H22N2O3. The molecule has 21 heavy (non-hydrogen) atoms. The quantitative estimate of drug-likeness (QED) is 0.902. The molecule has 1 saturated heterocycles. The molecule has 1 N–H and O–H groups in total. The molecule has 0 radical (unpaired) electrons. The van der Waals surface area contributed by atoms with Crippen LogP contribution in [0.4, 0.5) is 5.69 Å². The van der Waals surface area contributed by atoms with Crippen LogP contribution in [0.2, 0.25) is 0 Å². The Bertz CT molecular complexity index is 528. The number of benzene rings is 1. The van der Waals surface area contributed by atoms with Crippen molar-refractivity contribution in [3.8, 4) is 0 Å². The van der Waals surface area contributed by atoms with Gasteiger partial charge in [0.05, 0.1) is 12.5 Å². The second kappa shape index (κ2) is 6.72. The lowest BCUT2D eigenvalue weighted by atomic mass is 10.1. The van der Waals surface area contributed by atoms with Crippen molar-refractivity contribution in [1.82, 2.24) is 4.90 Å². The fourth-order valence-electron chi connectivity index (χ4n) is 2.56. The van der Waals surface area contributed by atoms with Gasteiger partial charge in [0, 0.05) is 37.4 Å². The molecule has 114 valence electrons. The van der Waals surface area contributed by atoms with E-state index in [0.29, 0.717) is 13.2 Å². The lowest BCUT2D eigenvalue weighted by Gasteiger charge is -2.20. The van der Waals surface area contributed by atoms with Crippen LogP contribution < -0.4 is 5.32 Å². The third kappa shape index (κ3) is 3.61. The normalized spacial score (nSPS) is 18.4. The smallest absolute Gasteiger partial charge is 0.229 e. The van der Waals surface area contributed by atoms with Gasteiger partial charge in [-0.25, -0.2) is 0 Å². The summed E-state index contributed by atoms with van der Waals surface area (Å²) in [6.45, 7) is 4.87. The number of likely N-dealkylation sites (tertiary alicyclic amines) is 1. The van der Waals surface area contributed by atoms with E-state index in [1.807, 2.05) is 38.1 Å². The second-order valence-electron chi connectivity index (χ2n) is 5.62. The monoisotopic (exact) mass is 290 g/mol. The summed E-state index contributed by atoms with van der Waals surface area (Å²) in [5, 5.41) is 2.92. The van der Waals surface area contributed by atoms with Gasteiger partial charge in [-0.05, 0) is 19.9 Å². The number of amides is 2. The summed E-state index contributed by atoms with van der Waals surface area (Å²) < 4.78 is 5.13. The second-order valence-corrected chi connectivity index (χ2v) is 5.62. The summed E-state index contributed by atoms with van der Waals surface area (Å²) in [6, 6.07) is 7.68. The lowest BCUT2D eigenvalue weighted by Crippen LogP contribution is -2.33. The topological polar surface area (TPSA) is 58.6 Å². The fourth-order valence-corrected chi connectivity index (χ4v) is 2.56. The highest BCUT2D eigenvalue weighted by molar-refractivity contribution is 5.97. The van der Waals surface area contributed by atoms with Gasteiger partial charge in [0.2, 0.25) is 11.8 Å². The van der Waals surface area contributed by atoms with Crippen molar-refractivity contribution in [3.63, 3.8) is 0 Å². The third-order valence-corrected chi connectivity index (χ3v) is 3.73. The van der Waals surface area contributed by atoms with E-state index in [1.54, 1.807) is 12.0 Å². The number of carbonyl (C=O) groups is 2. The van der Waals surface area contributed by atoms with Crippen LogP contribution >= 0.6 is 0 Å². The van der Waals surface area contributed by atoms with Crippen LogP contribution in [0.15, 0.2) is 24.3 Å². The summed E-state index contributed by atoms with van der Waals surface area (Å²) in [5.41, 5.74) is 1.68. The van der Waals surface area contributed by atoms with Gasteiger partial charge in [0.1, 0.15) is 0 Å². The van der Waals surface area contributed by atoms with Crippen LogP contribution in [-0.2, 0) is 20.9 Å². The maximum Gasteiger partial charge on any atom is 0.229 e. The van der Waals surface area contributed by atoms with E-state index in [4.69, 9.17) is 4.74 Å². The van der Waals surface area contributed by atoms with Crippen LogP contribution in [0.25, 0.3) is 0 Å². The van der Waals surface area contributed by atoms with Crippen molar-refractivity contribution in [1.29, 1.82) is 0 Å². The predicted molar refractivity (Wildman–Crippen MR) is 80.7 cm³/mol. The average molecular weight is 290 g/mol. The Morgan fingerprint density at radius 2 is 2.14 bits per heavy atom. The van der Waals surface area contributed by atoms with Gasteiger partial charge in [-0.1, -0.05) is 18.2 Å². The highest BCUT2D eigenvalue weighted by Gasteiger charge is 2.35. The predicted octanol–water partition coefficient (Wildman–Crippen LogP) is 2.03. The van der Waals surface area contributed by atoms with Crippen molar-refractivity contribution in [3.05, 3.63) is 29.8 Å². The van der Waals surface area contributed by atoms with E-state index in [1.165, 1.54) is 0 Å². The standard InChI is InChI=1S/C16H22N2O3/c1-11(2)18-9-13(8-15(18)19)16(20)17-14-7-5-4-6-12(14)10-21-3/h4-7,11,13H,8-10H2,1-3H3,(H,17,20). The Balaban J connectivity index is 2.04. The molecule has 1 heterocycles. The van der Waals surface area contributed by atoms with Gasteiger partial charge < -0.3 is 15.0 Å². The molecule has 1 unspecified atom stereocenters. The number of methoxy groups -OCH3 is 1. The molecule has 0 bridgehead atoms. The SMILES string of the molecule is COCc1ccccc1NC(=O)C1CC(=O)N(C(C)C)C1. The molecule has 0 saturated carbocycles. The first-order chi connectivity index (χ1) is 10.0. The molecule has 1 fully saturated rings. The first-order valence-electron chi connectivity index (χ1n) is 7.20. The fraction of sp³-hybridized carbons (Fsp3) is 0.500. The summed E-state index contributed by atoms with van der Waals surface area (Å²) in [4.78, 5) is 26.0. The minimum absolute atomic E-state index is 0.0512. The number of ether oxygens (including phenoxy) is 1. The molecule has 0 aromatic heterocycles. The zero-order valence-corrected chi connectivity index (χ0v) is 12.8. The summed E-state index contributed by atoms with van der Waals surface area (Å²) in [7, 11) is 1.62. The highest BCUT2D eigenvalue weighted by Crippen LogP contribution is 2.23. The number of hydrogen-bond acceptors (Lipinski definition) is 3. The van der Waals surface area contributed by atoms with Crippen LogP contribution in [0.1, 0.15) is 25.8 Å². The van der Waals surface area contributed by atoms with E-state index in [-0.39, 0.29) is 30.2 Å². The van der Waals surface area contributed by atoms with Gasteiger partial charge >= 0.3 is 0 Å². The maximum atomic E-state index is 12.4. The van der Waals surface area contributed by atoms with Crippen LogP contribution in [0.3, 0.4) is 0 Å². The average Bonchev–Trinajstić information content (AvgIpc) is 2.83. The van der Waals surface area contributed by atoms with Crippen molar-refractivity contribution in [2.24, 2.45) is 5.92 Å². The Hall–Kier alpha value is -1.88. The minimum Gasteiger partial charge on any atom is -0.380 e. The Kier molecular flexibility index (Phi) is 4.96. The molecule has 1 aromatic carbocycles. The first-order valence-corrected chi connectivity index (χ1v) is 7.20. The molecule has 5 heteroatoms. The number of nitrogens with zero attached hydrogens (tertiary/aromatic N) is 1. The highest BCUT2D eigenvalue weighted by atomic mass is 16.5. The molecule has 1 aliphatic rings. The number of nitrogens with one attached hydrogen (secondary N) is 1. The third-order valence-electron chi connectivity index (χ3n) is 3.73. The van der Waals surface area contributed by atoms with Gasteiger partial charge in [-0.15, -0.1) is 0 Å². The Morgan fingerprint density at radius 1 is 1.43 bits per heavy atom. The first kappa shape index (κ1) is 15.5. The summed E-state index contributed by atoms with van der Waals surface area (Å²) in [6.07, 6.45) is 0.288. The molecule has 0 spiro atoms. The molecule has 1 atom stereocenters. The van der Waals surface area contributed by atoms with E-state index in [9.17, 15) is 9.59 Å². The van der Waals surface area contributed by atoms with E-state index in [0.717, 1.165) is 11.3 Å². The van der Waals surface area contributed by atoms with Crippen LogP contribution in [0.5, 0.6) is 0 Å². The molecule has 1 aromatic rings. The van der Waals surface area contributed by atoms with Gasteiger partial charge in [-0.2, -0.15) is 0 Å². The molecule has 2 rings (SSSR count). The van der Waals surface area contributed by atoms with Crippen molar-refractivity contribution in [2.75, 3.05) is 19.0 Å². The van der Waals surface area contributed by atoms with Crippen molar-refractivity contribution in [2.45, 2.75) is 32.9 Å². The van der Waals surface area contributed by atoms with Gasteiger partial charge in [-0.3, -0.25) is 9.59 Å². The summed E-state index contributed by atoms with van der Waals surface area (Å²) >= 11 is 0. The zero-order chi connectivity index (χ0) is 15.4. The number of hydrogen-bond donors (Lipinski definition) is 1. The van der Waals surface area contributed by atoms with Crippen LogP contribution in [-0.4, -0.2) is 36.4 Å². The Morgan fingerprint density at radius 3 is 2.76 bits per heavy atom. The molecular weight excluding hydrogens is 268 g/mol. The zero-order valence-electron chi connectivity index (χ0n) is 12.8. The minimum atomic E-state index is -0.282. The molecule has 0 aliphatic carbocycles. The van der Waals surface area contributed by atoms with Crippen LogP contribution in [0, 0.1) is 5.92 Å². The van der Waals surface area contributed by atoms with Gasteiger partial charge in [0.15, 0.2) is 0 Å². The molecule has 5 nitrogen and oxygen atoms in total. The van der Waals surface area contributed by atoms with E-state index < -0.39 is 0 Å². The van der Waals surface area contributed by atoms with E-state index in [2.05, 4.69) is 5.32 Å². The number of para-hydroxylation sites is 1. The van der Waals surface area contributed by atoms with Gasteiger partial charge in [0.25, 0.3) is 0 Å². The molecule has 1 aliphatic heterocycles. The lowest BCUT2D eigenvalue weighted by molar-refractivity contribution is -0.129.